The van der Waals surface area contributed by atoms with Gasteiger partial charge >= 0.3 is 0 Å². The summed E-state index contributed by atoms with van der Waals surface area (Å²) in [7, 11) is 0. The van der Waals surface area contributed by atoms with E-state index in [9.17, 15) is 4.79 Å². The summed E-state index contributed by atoms with van der Waals surface area (Å²) in [5, 5.41) is 3.52. The molecule has 4 heteroatoms. The second-order valence-electron chi connectivity index (χ2n) is 5.30. The largest absolute Gasteiger partial charge is 0.368 e. The van der Waals surface area contributed by atoms with E-state index >= 15 is 0 Å². The zero-order valence-corrected chi connectivity index (χ0v) is 9.04. The van der Waals surface area contributed by atoms with Crippen LogP contribution in [0.5, 0.6) is 0 Å². The van der Waals surface area contributed by atoms with E-state index < -0.39 is 5.54 Å². The Morgan fingerprint density at radius 1 is 1.27 bits per heavy atom. The molecule has 0 aromatic carbocycles. The first kappa shape index (κ1) is 9.60. The highest BCUT2D eigenvalue weighted by Gasteiger charge is 2.52. The van der Waals surface area contributed by atoms with Crippen LogP contribution in [0, 0.1) is 5.92 Å². The van der Waals surface area contributed by atoms with Crippen LogP contribution in [0.25, 0.3) is 0 Å². The molecule has 3 heterocycles. The summed E-state index contributed by atoms with van der Waals surface area (Å²) in [5.74, 6) is 0.337. The zero-order chi connectivity index (χ0) is 10.5. The van der Waals surface area contributed by atoms with E-state index in [-0.39, 0.29) is 5.91 Å². The molecule has 3 aliphatic heterocycles. The first-order valence-corrected chi connectivity index (χ1v) is 6.01. The predicted molar refractivity (Wildman–Crippen MR) is 57.2 cm³/mol. The van der Waals surface area contributed by atoms with E-state index in [1.54, 1.807) is 0 Å². The minimum Gasteiger partial charge on any atom is -0.368 e. The number of piperidine rings is 3. The number of fused-ring (bicyclic) bond motifs is 3. The summed E-state index contributed by atoms with van der Waals surface area (Å²) in [6.45, 7) is 3.13. The van der Waals surface area contributed by atoms with Crippen molar-refractivity contribution in [2.75, 3.05) is 19.6 Å². The van der Waals surface area contributed by atoms with Crippen molar-refractivity contribution in [3.63, 3.8) is 0 Å². The molecular formula is C11H19N3O. The third-order valence-electron chi connectivity index (χ3n) is 4.24. The Labute approximate surface area is 90.2 Å². The Balaban J connectivity index is 1.85. The quantitative estimate of drug-likeness (QED) is 0.670. The number of nitrogens with one attached hydrogen (secondary N) is 1. The van der Waals surface area contributed by atoms with Gasteiger partial charge in [-0.15, -0.1) is 0 Å². The highest BCUT2D eigenvalue weighted by molar-refractivity contribution is 5.86. The van der Waals surface area contributed by atoms with Crippen LogP contribution < -0.4 is 11.1 Å². The summed E-state index contributed by atoms with van der Waals surface area (Å²) >= 11 is 0. The van der Waals surface area contributed by atoms with Crippen molar-refractivity contribution in [2.45, 2.75) is 37.3 Å². The van der Waals surface area contributed by atoms with Crippen LogP contribution in [0.2, 0.25) is 0 Å². The molecule has 4 rings (SSSR count). The summed E-state index contributed by atoms with van der Waals surface area (Å²) in [4.78, 5) is 14.1. The molecule has 3 N–H and O–H groups in total. The van der Waals surface area contributed by atoms with Gasteiger partial charge in [-0.25, -0.2) is 0 Å². The molecule has 0 aromatic rings. The molecule has 3 saturated heterocycles. The van der Waals surface area contributed by atoms with Crippen LogP contribution in [0.4, 0.5) is 0 Å². The van der Waals surface area contributed by atoms with Crippen molar-refractivity contribution in [1.29, 1.82) is 0 Å². The van der Waals surface area contributed by atoms with Gasteiger partial charge in [0.15, 0.2) is 0 Å². The first-order chi connectivity index (χ1) is 7.21. The highest BCUT2D eigenvalue weighted by atomic mass is 16.1. The lowest BCUT2D eigenvalue weighted by molar-refractivity contribution is -0.133. The molecule has 84 valence electrons. The average Bonchev–Trinajstić information content (AvgIpc) is 3.03. The minimum absolute atomic E-state index is 0.135. The first-order valence-electron chi connectivity index (χ1n) is 6.01. The number of hydrogen-bond acceptors (Lipinski definition) is 3. The average molecular weight is 209 g/mol. The van der Waals surface area contributed by atoms with Gasteiger partial charge in [0.2, 0.25) is 5.91 Å². The Morgan fingerprint density at radius 3 is 2.33 bits per heavy atom. The van der Waals surface area contributed by atoms with Crippen LogP contribution in [0.1, 0.15) is 25.7 Å². The third-order valence-corrected chi connectivity index (χ3v) is 4.24. The van der Waals surface area contributed by atoms with Gasteiger partial charge in [0.05, 0.1) is 0 Å². The van der Waals surface area contributed by atoms with Crippen molar-refractivity contribution in [2.24, 2.45) is 11.7 Å². The second kappa shape index (κ2) is 3.19. The number of carbonyl (C=O) groups excluding carboxylic acids is 1. The van der Waals surface area contributed by atoms with E-state index in [1.807, 2.05) is 0 Å². The molecule has 2 bridgehead atoms. The number of nitrogens with two attached hydrogens (primary N) is 1. The van der Waals surface area contributed by atoms with E-state index in [0.717, 1.165) is 32.5 Å². The molecular weight excluding hydrogens is 190 g/mol. The Kier molecular flexibility index (Phi) is 2.04. The van der Waals surface area contributed by atoms with Crippen LogP contribution in [-0.2, 0) is 4.79 Å². The maximum atomic E-state index is 11.8. The maximum Gasteiger partial charge on any atom is 0.239 e. The fourth-order valence-electron chi connectivity index (χ4n) is 3.17. The van der Waals surface area contributed by atoms with Gasteiger partial charge in [-0.05, 0) is 44.7 Å². The molecule has 0 spiro atoms. The van der Waals surface area contributed by atoms with E-state index in [2.05, 4.69) is 10.2 Å². The van der Waals surface area contributed by atoms with Gasteiger partial charge in [0.25, 0.3) is 0 Å². The molecule has 4 nitrogen and oxygen atoms in total. The normalized spacial score (nSPS) is 44.3. The maximum absolute atomic E-state index is 11.8. The smallest absolute Gasteiger partial charge is 0.239 e. The lowest BCUT2D eigenvalue weighted by Gasteiger charge is -2.52. The second-order valence-corrected chi connectivity index (χ2v) is 5.30. The van der Waals surface area contributed by atoms with Gasteiger partial charge < -0.3 is 10.6 Å². The summed E-state index contributed by atoms with van der Waals surface area (Å²) in [6.07, 6.45) is 4.68. The molecule has 1 saturated carbocycles. The number of primary amides is 1. The monoisotopic (exact) mass is 209 g/mol. The SMILES string of the molecule is NC(=O)C1(NC2CC2)CN2CCC1CC2. The molecule has 4 aliphatic rings. The van der Waals surface area contributed by atoms with E-state index in [0.29, 0.717) is 12.0 Å². The third kappa shape index (κ3) is 1.47. The Bertz CT molecular complexity index is 278. The highest BCUT2D eigenvalue weighted by Crippen LogP contribution is 2.37. The van der Waals surface area contributed by atoms with E-state index in [1.165, 1.54) is 12.8 Å². The number of hydrogen-bond donors (Lipinski definition) is 2. The Hall–Kier alpha value is -0.610. The zero-order valence-electron chi connectivity index (χ0n) is 9.04. The predicted octanol–water partition coefficient (Wildman–Crippen LogP) is -0.312. The lowest BCUT2D eigenvalue weighted by Crippen LogP contribution is -2.71. The molecule has 0 radical (unpaired) electrons. The molecule has 1 unspecified atom stereocenters. The van der Waals surface area contributed by atoms with Gasteiger partial charge in [-0.3, -0.25) is 10.1 Å². The number of rotatable bonds is 3. The summed E-state index contributed by atoms with van der Waals surface area (Å²) < 4.78 is 0. The molecule has 1 amide bonds. The van der Waals surface area contributed by atoms with E-state index in [4.69, 9.17) is 5.73 Å². The van der Waals surface area contributed by atoms with Crippen LogP contribution >= 0.6 is 0 Å². The van der Waals surface area contributed by atoms with Crippen LogP contribution in [0.3, 0.4) is 0 Å². The lowest BCUT2D eigenvalue weighted by atomic mass is 9.72. The summed E-state index contributed by atoms with van der Waals surface area (Å²) in [6, 6.07) is 0.554. The van der Waals surface area contributed by atoms with Gasteiger partial charge in [0, 0.05) is 12.6 Å². The molecule has 4 fully saturated rings. The van der Waals surface area contributed by atoms with Crippen LogP contribution in [-0.4, -0.2) is 42.0 Å². The Morgan fingerprint density at radius 2 is 1.93 bits per heavy atom. The molecule has 0 aromatic heterocycles. The molecule has 15 heavy (non-hydrogen) atoms. The van der Waals surface area contributed by atoms with Crippen molar-refractivity contribution < 1.29 is 4.79 Å². The van der Waals surface area contributed by atoms with Crippen LogP contribution in [0.15, 0.2) is 0 Å². The summed E-state index contributed by atoms with van der Waals surface area (Å²) in [5.41, 5.74) is 5.23. The fraction of sp³-hybridized carbons (Fsp3) is 0.909. The number of nitrogens with zero attached hydrogens (tertiary/aromatic N) is 1. The van der Waals surface area contributed by atoms with Gasteiger partial charge in [-0.1, -0.05) is 0 Å². The topological polar surface area (TPSA) is 58.4 Å². The standard InChI is InChI=1S/C11H19N3O/c12-10(15)11(13-9-1-2-9)7-14-5-3-8(11)4-6-14/h8-9,13H,1-7H2,(H2,12,15). The van der Waals surface area contributed by atoms with Gasteiger partial charge in [-0.2, -0.15) is 0 Å². The minimum atomic E-state index is -0.405. The fourth-order valence-corrected chi connectivity index (χ4v) is 3.17. The number of amides is 1. The van der Waals surface area contributed by atoms with Crippen molar-refractivity contribution in [3.8, 4) is 0 Å². The molecule has 1 aliphatic carbocycles. The van der Waals surface area contributed by atoms with Crippen molar-refractivity contribution in [3.05, 3.63) is 0 Å². The van der Waals surface area contributed by atoms with Gasteiger partial charge in [0.1, 0.15) is 5.54 Å². The number of carbonyl (C=O) groups is 1. The van der Waals surface area contributed by atoms with Crippen molar-refractivity contribution in [1.82, 2.24) is 10.2 Å². The molecule has 1 atom stereocenters. The van der Waals surface area contributed by atoms with Crippen molar-refractivity contribution >= 4 is 5.91 Å².